The van der Waals surface area contributed by atoms with Crippen molar-refractivity contribution in [3.8, 4) is 11.5 Å². The Hall–Kier alpha value is -3.16. The van der Waals surface area contributed by atoms with E-state index in [2.05, 4.69) is 10.1 Å². The number of carbonyl (C=O) groups is 2. The lowest BCUT2D eigenvalue weighted by molar-refractivity contribution is -0.117. The molecule has 0 spiro atoms. The van der Waals surface area contributed by atoms with Crippen molar-refractivity contribution in [1.82, 2.24) is 0 Å². The molecule has 2 aromatic carbocycles. The van der Waals surface area contributed by atoms with Gasteiger partial charge >= 0.3 is 6.61 Å². The maximum atomic E-state index is 12.6. The van der Waals surface area contributed by atoms with Gasteiger partial charge in [-0.3, -0.25) is 9.59 Å². The fraction of sp³-hybridized carbons (Fsp3) is 0.300. The number of anilines is 2. The Morgan fingerprint density at radius 3 is 2.71 bits per heavy atom. The van der Waals surface area contributed by atoms with Crippen LogP contribution in [0.4, 0.5) is 20.2 Å². The van der Waals surface area contributed by atoms with Crippen LogP contribution in [0.3, 0.4) is 0 Å². The Kier molecular flexibility index (Phi) is 6.08. The number of nitrogens with zero attached hydrogens (tertiary/aromatic N) is 1. The largest absolute Gasteiger partial charge is 0.490 e. The second kappa shape index (κ2) is 8.69. The number of hydrogen-bond donors (Lipinski definition) is 1. The molecule has 6 nitrogen and oxygen atoms in total. The molecule has 0 atom stereocenters. The summed E-state index contributed by atoms with van der Waals surface area (Å²) in [5.41, 5.74) is 1.47. The van der Waals surface area contributed by atoms with E-state index in [1.165, 1.54) is 18.2 Å². The summed E-state index contributed by atoms with van der Waals surface area (Å²) in [7, 11) is 0. The SMILES string of the molecule is CCOc1cc(C(=O)Nc2cccc(N3CCCC3=O)c2)ccc1OC(F)F. The van der Waals surface area contributed by atoms with Gasteiger partial charge in [0.15, 0.2) is 11.5 Å². The highest BCUT2D eigenvalue weighted by molar-refractivity contribution is 6.05. The molecule has 1 saturated heterocycles. The molecule has 2 aromatic rings. The highest BCUT2D eigenvalue weighted by Gasteiger charge is 2.22. The van der Waals surface area contributed by atoms with Crippen LogP contribution in [-0.2, 0) is 4.79 Å². The third-order valence-corrected chi connectivity index (χ3v) is 4.21. The molecule has 1 heterocycles. The number of carbonyl (C=O) groups excluding carboxylic acids is 2. The number of hydrogen-bond acceptors (Lipinski definition) is 4. The first kappa shape index (κ1) is 19.6. The summed E-state index contributed by atoms with van der Waals surface area (Å²) in [5.74, 6) is -0.455. The molecule has 0 radical (unpaired) electrons. The first-order valence-electron chi connectivity index (χ1n) is 8.91. The fourth-order valence-electron chi connectivity index (χ4n) is 2.99. The number of ether oxygens (including phenoxy) is 2. The van der Waals surface area contributed by atoms with Gasteiger partial charge in [-0.25, -0.2) is 0 Å². The van der Waals surface area contributed by atoms with Crippen LogP contribution in [0, 0.1) is 0 Å². The summed E-state index contributed by atoms with van der Waals surface area (Å²) in [5, 5.41) is 2.75. The van der Waals surface area contributed by atoms with Crippen LogP contribution in [0.1, 0.15) is 30.1 Å². The van der Waals surface area contributed by atoms with E-state index in [-0.39, 0.29) is 29.6 Å². The Morgan fingerprint density at radius 1 is 1.21 bits per heavy atom. The zero-order chi connectivity index (χ0) is 20.1. The fourth-order valence-corrected chi connectivity index (χ4v) is 2.99. The molecule has 0 bridgehead atoms. The van der Waals surface area contributed by atoms with Crippen molar-refractivity contribution in [3.63, 3.8) is 0 Å². The number of rotatable bonds is 7. The summed E-state index contributed by atoms with van der Waals surface area (Å²) in [6.45, 7) is -0.407. The van der Waals surface area contributed by atoms with Crippen LogP contribution in [-0.4, -0.2) is 31.6 Å². The lowest BCUT2D eigenvalue weighted by Crippen LogP contribution is -2.23. The molecule has 0 unspecified atom stereocenters. The average Bonchev–Trinajstić information content (AvgIpc) is 3.09. The molecule has 1 fully saturated rings. The first-order chi connectivity index (χ1) is 13.5. The van der Waals surface area contributed by atoms with Gasteiger partial charge in [-0.15, -0.1) is 0 Å². The van der Waals surface area contributed by atoms with Crippen LogP contribution in [0.5, 0.6) is 11.5 Å². The van der Waals surface area contributed by atoms with E-state index < -0.39 is 12.5 Å². The first-order valence-corrected chi connectivity index (χ1v) is 8.91. The minimum Gasteiger partial charge on any atom is -0.490 e. The molecule has 1 aliphatic rings. The van der Waals surface area contributed by atoms with Crippen LogP contribution in [0.25, 0.3) is 0 Å². The molecule has 8 heteroatoms. The predicted molar refractivity (Wildman–Crippen MR) is 100 cm³/mol. The summed E-state index contributed by atoms with van der Waals surface area (Å²) in [6, 6.07) is 11.0. The number of alkyl halides is 2. The van der Waals surface area contributed by atoms with E-state index in [4.69, 9.17) is 4.74 Å². The Balaban J connectivity index is 1.77. The van der Waals surface area contributed by atoms with Crippen molar-refractivity contribution in [2.75, 3.05) is 23.4 Å². The van der Waals surface area contributed by atoms with Crippen LogP contribution >= 0.6 is 0 Å². The van der Waals surface area contributed by atoms with E-state index in [9.17, 15) is 18.4 Å². The summed E-state index contributed by atoms with van der Waals surface area (Å²) in [4.78, 5) is 26.1. The topological polar surface area (TPSA) is 67.9 Å². The molecular weight excluding hydrogens is 370 g/mol. The highest BCUT2D eigenvalue weighted by Crippen LogP contribution is 2.30. The lowest BCUT2D eigenvalue weighted by atomic mass is 10.1. The maximum Gasteiger partial charge on any atom is 0.387 e. The van der Waals surface area contributed by atoms with Gasteiger partial charge in [-0.2, -0.15) is 8.78 Å². The average molecular weight is 390 g/mol. The van der Waals surface area contributed by atoms with Crippen molar-refractivity contribution in [1.29, 1.82) is 0 Å². The van der Waals surface area contributed by atoms with Crippen molar-refractivity contribution in [2.45, 2.75) is 26.4 Å². The number of halogens is 2. The van der Waals surface area contributed by atoms with Crippen molar-refractivity contribution < 1.29 is 27.8 Å². The quantitative estimate of drug-likeness (QED) is 0.774. The molecule has 0 saturated carbocycles. The van der Waals surface area contributed by atoms with Crippen LogP contribution < -0.4 is 19.7 Å². The molecular formula is C20H20F2N2O4. The van der Waals surface area contributed by atoms with E-state index in [0.29, 0.717) is 18.7 Å². The smallest absolute Gasteiger partial charge is 0.387 e. The van der Waals surface area contributed by atoms with Gasteiger partial charge in [0.05, 0.1) is 6.61 Å². The third-order valence-electron chi connectivity index (χ3n) is 4.21. The third kappa shape index (κ3) is 4.57. The lowest BCUT2D eigenvalue weighted by Gasteiger charge is -2.17. The molecule has 28 heavy (non-hydrogen) atoms. The van der Waals surface area contributed by atoms with Crippen molar-refractivity contribution in [3.05, 3.63) is 48.0 Å². The predicted octanol–water partition coefficient (Wildman–Crippen LogP) is 4.07. The molecule has 0 aromatic heterocycles. The van der Waals surface area contributed by atoms with Crippen molar-refractivity contribution in [2.24, 2.45) is 0 Å². The van der Waals surface area contributed by atoms with Gasteiger partial charge in [0.1, 0.15) is 0 Å². The molecule has 1 aliphatic heterocycles. The maximum absolute atomic E-state index is 12.6. The monoisotopic (exact) mass is 390 g/mol. The second-order valence-electron chi connectivity index (χ2n) is 6.13. The number of nitrogens with one attached hydrogen (secondary N) is 1. The second-order valence-corrected chi connectivity index (χ2v) is 6.13. The minimum atomic E-state index is -2.99. The highest BCUT2D eigenvalue weighted by atomic mass is 19.3. The van der Waals surface area contributed by atoms with Gasteiger partial charge in [-0.05, 0) is 49.7 Å². The zero-order valence-corrected chi connectivity index (χ0v) is 15.3. The summed E-state index contributed by atoms with van der Waals surface area (Å²) >= 11 is 0. The van der Waals surface area contributed by atoms with Crippen LogP contribution in [0.15, 0.2) is 42.5 Å². The van der Waals surface area contributed by atoms with E-state index in [1.54, 1.807) is 30.0 Å². The van der Waals surface area contributed by atoms with Crippen LogP contribution in [0.2, 0.25) is 0 Å². The van der Waals surface area contributed by atoms with E-state index in [1.807, 2.05) is 6.07 Å². The normalized spacial score (nSPS) is 13.7. The molecule has 1 N–H and O–H groups in total. The molecule has 0 aliphatic carbocycles. The number of benzene rings is 2. The van der Waals surface area contributed by atoms with Gasteiger partial charge < -0.3 is 19.7 Å². The summed E-state index contributed by atoms with van der Waals surface area (Å²) in [6.07, 6.45) is 1.33. The Bertz CT molecular complexity index is 873. The Morgan fingerprint density at radius 2 is 2.04 bits per heavy atom. The standard InChI is InChI=1S/C20H20F2N2O4/c1-2-27-17-11-13(8-9-16(17)28-20(21)22)19(26)23-14-5-3-6-15(12-14)24-10-4-7-18(24)25/h3,5-6,8-9,11-12,20H,2,4,7,10H2,1H3,(H,23,26). The van der Waals surface area contributed by atoms with Gasteiger partial charge in [0.2, 0.25) is 5.91 Å². The van der Waals surface area contributed by atoms with Gasteiger partial charge in [0.25, 0.3) is 5.91 Å². The van der Waals surface area contributed by atoms with Gasteiger partial charge in [-0.1, -0.05) is 6.07 Å². The van der Waals surface area contributed by atoms with Gasteiger partial charge in [0, 0.05) is 29.9 Å². The zero-order valence-electron chi connectivity index (χ0n) is 15.3. The Labute approximate surface area is 161 Å². The summed E-state index contributed by atoms with van der Waals surface area (Å²) < 4.78 is 34.7. The van der Waals surface area contributed by atoms with E-state index >= 15 is 0 Å². The van der Waals surface area contributed by atoms with Crippen molar-refractivity contribution >= 4 is 23.2 Å². The number of amides is 2. The molecule has 3 rings (SSSR count). The molecule has 2 amide bonds. The van der Waals surface area contributed by atoms with E-state index in [0.717, 1.165) is 12.1 Å². The minimum absolute atomic E-state index is 0.0550. The molecule has 148 valence electrons.